The van der Waals surface area contributed by atoms with Gasteiger partial charge in [0.25, 0.3) is 0 Å². The number of nitrogens with one attached hydrogen (secondary N) is 1. The molecule has 4 aliphatic carbocycles. The Balaban J connectivity index is 0.966. The predicted molar refractivity (Wildman–Crippen MR) is 138 cm³/mol. The molecule has 0 spiro atoms. The molecule has 3 amide bonds. The van der Waals surface area contributed by atoms with Crippen LogP contribution in [0.15, 0.2) is 91.0 Å². The van der Waals surface area contributed by atoms with Crippen LogP contribution in [-0.2, 0) is 14.4 Å². The standard InChI is InChI=1S/C31H26N2O4/c34-27(17-33-30(35)28-23-14-15-24(26-16-25(23)26)29(28)31(33)36)32-20-8-12-22(13-9-20)37-21-10-6-19(7-11-21)18-4-2-1-3-5-18/h1-15,23-26,28-29H,16-17H2,(H,32,34)/t23-,24-,25-,26-,28-,29+/m1/s1. The first-order chi connectivity index (χ1) is 18.1. The first-order valence-corrected chi connectivity index (χ1v) is 12.8. The van der Waals surface area contributed by atoms with E-state index < -0.39 is 0 Å². The lowest BCUT2D eigenvalue weighted by atomic mass is 9.63. The Hall–Kier alpha value is -4.19. The summed E-state index contributed by atoms with van der Waals surface area (Å²) in [7, 11) is 0. The van der Waals surface area contributed by atoms with E-state index in [2.05, 4.69) is 29.6 Å². The van der Waals surface area contributed by atoms with Gasteiger partial charge in [0.1, 0.15) is 18.0 Å². The van der Waals surface area contributed by atoms with Gasteiger partial charge in [0.15, 0.2) is 0 Å². The average Bonchev–Trinajstić information content (AvgIpc) is 3.72. The number of anilines is 1. The zero-order valence-electron chi connectivity index (χ0n) is 20.1. The van der Waals surface area contributed by atoms with Crippen molar-refractivity contribution in [1.82, 2.24) is 4.90 Å². The number of nitrogens with zero attached hydrogens (tertiary/aromatic N) is 1. The van der Waals surface area contributed by atoms with Crippen molar-refractivity contribution in [2.75, 3.05) is 11.9 Å². The van der Waals surface area contributed by atoms with Crippen molar-refractivity contribution < 1.29 is 19.1 Å². The van der Waals surface area contributed by atoms with Gasteiger partial charge in [-0.15, -0.1) is 0 Å². The molecule has 2 saturated carbocycles. The van der Waals surface area contributed by atoms with Crippen molar-refractivity contribution in [2.24, 2.45) is 35.5 Å². The summed E-state index contributed by atoms with van der Waals surface area (Å²) in [6, 6.07) is 25.1. The molecule has 1 heterocycles. The molecular weight excluding hydrogens is 464 g/mol. The molecule has 1 N–H and O–H groups in total. The van der Waals surface area contributed by atoms with Crippen LogP contribution in [0.4, 0.5) is 5.69 Å². The third-order valence-electron chi connectivity index (χ3n) is 8.39. The first-order valence-electron chi connectivity index (χ1n) is 12.8. The molecule has 0 unspecified atom stereocenters. The quantitative estimate of drug-likeness (QED) is 0.384. The van der Waals surface area contributed by atoms with Gasteiger partial charge in [-0.05, 0) is 77.6 Å². The summed E-state index contributed by atoms with van der Waals surface area (Å²) in [6.07, 6.45) is 5.39. The number of amides is 3. The molecule has 1 saturated heterocycles. The molecule has 6 nitrogen and oxygen atoms in total. The van der Waals surface area contributed by atoms with Crippen LogP contribution in [0.25, 0.3) is 11.1 Å². The van der Waals surface area contributed by atoms with Crippen molar-refractivity contribution in [3.05, 3.63) is 91.0 Å². The summed E-state index contributed by atoms with van der Waals surface area (Å²) in [5, 5.41) is 2.81. The number of imide groups is 1. The van der Waals surface area contributed by atoms with Crippen molar-refractivity contribution in [3.63, 3.8) is 0 Å². The maximum atomic E-state index is 13.1. The number of hydrogen-bond acceptors (Lipinski definition) is 4. The second-order valence-electron chi connectivity index (χ2n) is 10.5. The Bertz CT molecular complexity index is 1380. The monoisotopic (exact) mass is 490 g/mol. The van der Waals surface area contributed by atoms with Crippen LogP contribution in [0.1, 0.15) is 6.42 Å². The molecule has 2 bridgehead atoms. The molecule has 6 atom stereocenters. The number of hydrogen-bond donors (Lipinski definition) is 1. The highest BCUT2D eigenvalue weighted by molar-refractivity contribution is 6.09. The van der Waals surface area contributed by atoms with E-state index in [1.54, 1.807) is 24.3 Å². The van der Waals surface area contributed by atoms with Crippen LogP contribution in [0.3, 0.4) is 0 Å². The van der Waals surface area contributed by atoms with E-state index in [0.717, 1.165) is 17.5 Å². The highest BCUT2D eigenvalue weighted by Gasteiger charge is 2.67. The first kappa shape index (κ1) is 22.0. The fraction of sp³-hybridized carbons (Fsp3) is 0.258. The fourth-order valence-electron chi connectivity index (χ4n) is 6.61. The molecule has 8 rings (SSSR count). The number of carbonyl (C=O) groups is 3. The summed E-state index contributed by atoms with van der Waals surface area (Å²) in [5.41, 5.74) is 2.84. The highest BCUT2D eigenvalue weighted by atomic mass is 16.5. The zero-order chi connectivity index (χ0) is 25.1. The summed E-state index contributed by atoms with van der Waals surface area (Å²) < 4.78 is 5.94. The van der Waals surface area contributed by atoms with Gasteiger partial charge in [-0.25, -0.2) is 0 Å². The number of carbonyl (C=O) groups excluding carboxylic acids is 3. The second-order valence-corrected chi connectivity index (χ2v) is 10.5. The van der Waals surface area contributed by atoms with Crippen LogP contribution in [-0.4, -0.2) is 29.2 Å². The highest BCUT2D eigenvalue weighted by Crippen LogP contribution is 2.65. The van der Waals surface area contributed by atoms with Gasteiger partial charge in [-0.2, -0.15) is 0 Å². The van der Waals surface area contributed by atoms with Crippen LogP contribution < -0.4 is 10.1 Å². The van der Waals surface area contributed by atoms with Gasteiger partial charge in [0.2, 0.25) is 17.7 Å². The van der Waals surface area contributed by atoms with Gasteiger partial charge >= 0.3 is 0 Å². The van der Waals surface area contributed by atoms with Crippen LogP contribution in [0, 0.1) is 35.5 Å². The lowest BCUT2D eigenvalue weighted by Gasteiger charge is -2.37. The van der Waals surface area contributed by atoms with Crippen LogP contribution >= 0.6 is 0 Å². The van der Waals surface area contributed by atoms with E-state index in [4.69, 9.17) is 4.74 Å². The van der Waals surface area contributed by atoms with E-state index in [9.17, 15) is 14.4 Å². The molecule has 3 fully saturated rings. The molecule has 6 heteroatoms. The zero-order valence-corrected chi connectivity index (χ0v) is 20.1. The molecule has 184 valence electrons. The number of allylic oxidation sites excluding steroid dienone is 2. The van der Waals surface area contributed by atoms with Crippen molar-refractivity contribution in [2.45, 2.75) is 6.42 Å². The number of ether oxygens (including phenoxy) is 1. The lowest BCUT2D eigenvalue weighted by Crippen LogP contribution is -2.40. The fourth-order valence-corrected chi connectivity index (χ4v) is 6.61. The Morgan fingerprint density at radius 3 is 1.89 bits per heavy atom. The normalized spacial score (nSPS) is 28.6. The number of likely N-dealkylation sites (tertiary alicyclic amines) is 1. The topological polar surface area (TPSA) is 75.7 Å². The van der Waals surface area contributed by atoms with Crippen molar-refractivity contribution in [3.8, 4) is 22.6 Å². The predicted octanol–water partition coefficient (Wildman–Crippen LogP) is 5.14. The van der Waals surface area contributed by atoms with Gasteiger partial charge in [0.05, 0.1) is 11.8 Å². The van der Waals surface area contributed by atoms with E-state index in [1.165, 1.54) is 4.90 Å². The minimum atomic E-state index is -0.379. The van der Waals surface area contributed by atoms with E-state index in [-0.39, 0.29) is 47.9 Å². The van der Waals surface area contributed by atoms with Crippen LogP contribution in [0.5, 0.6) is 11.5 Å². The third-order valence-corrected chi connectivity index (χ3v) is 8.39. The molecule has 3 aromatic carbocycles. The smallest absolute Gasteiger partial charge is 0.244 e. The third kappa shape index (κ3) is 3.75. The minimum Gasteiger partial charge on any atom is -0.457 e. The van der Waals surface area contributed by atoms with Gasteiger partial charge in [-0.1, -0.05) is 54.6 Å². The maximum Gasteiger partial charge on any atom is 0.244 e. The Labute approximate surface area is 214 Å². The summed E-state index contributed by atoms with van der Waals surface area (Å²) >= 11 is 0. The SMILES string of the molecule is O=C(CN1C(=O)[C@@H]2[C@@H]3C=C[C@H]([C@H]4C[C@H]34)[C@@H]2C1=O)Nc1ccc(Oc2ccc(-c3ccccc3)cc2)cc1. The average molecular weight is 491 g/mol. The summed E-state index contributed by atoms with van der Waals surface area (Å²) in [5.74, 6) is 1.46. The van der Waals surface area contributed by atoms with Crippen LogP contribution in [0.2, 0.25) is 0 Å². The molecule has 0 aromatic heterocycles. The number of benzene rings is 3. The molecule has 3 aromatic rings. The Morgan fingerprint density at radius 1 is 0.757 bits per heavy atom. The lowest BCUT2D eigenvalue weighted by molar-refractivity contribution is -0.142. The van der Waals surface area contributed by atoms with E-state index in [1.807, 2.05) is 42.5 Å². The second kappa shape index (κ2) is 8.44. The Morgan fingerprint density at radius 2 is 1.30 bits per heavy atom. The largest absolute Gasteiger partial charge is 0.457 e. The van der Waals surface area contributed by atoms with Gasteiger partial charge < -0.3 is 10.1 Å². The number of rotatable bonds is 6. The molecule has 0 radical (unpaired) electrons. The summed E-state index contributed by atoms with van der Waals surface area (Å²) in [4.78, 5) is 40.1. The van der Waals surface area contributed by atoms with E-state index >= 15 is 0 Å². The summed E-state index contributed by atoms with van der Waals surface area (Å²) in [6.45, 7) is -0.245. The van der Waals surface area contributed by atoms with Gasteiger partial charge in [-0.3, -0.25) is 19.3 Å². The van der Waals surface area contributed by atoms with Crippen molar-refractivity contribution >= 4 is 23.4 Å². The van der Waals surface area contributed by atoms with Crippen molar-refractivity contribution in [1.29, 1.82) is 0 Å². The molecule has 5 aliphatic rings. The Kier molecular flexibility index (Phi) is 5.03. The molecular formula is C31H26N2O4. The maximum absolute atomic E-state index is 13.1. The van der Waals surface area contributed by atoms with E-state index in [0.29, 0.717) is 29.0 Å². The minimum absolute atomic E-state index is 0.159. The molecule has 37 heavy (non-hydrogen) atoms. The van der Waals surface area contributed by atoms with Gasteiger partial charge in [0, 0.05) is 5.69 Å². The molecule has 1 aliphatic heterocycles.